The number of hydrogen-bond donors (Lipinski definition) is 0. The number of carbonyl (C=O) groups excluding carboxylic acids is 1. The van der Waals surface area contributed by atoms with Crippen molar-refractivity contribution in [3.63, 3.8) is 0 Å². The normalized spacial score (nSPS) is 12.4. The largest absolute Gasteiger partial charge is 0.482 e. The zero-order valence-corrected chi connectivity index (χ0v) is 14.9. The standard InChI is InChI=1S/C19H14F4N2O4/c1-11(28-16(26)10-27-15-7-5-14(20)6-8-15)18-24-17(25-29-18)12-3-2-4-13(9-12)19(21,22)23/h2-9,11H,10H2,1H3. The van der Waals surface area contributed by atoms with Crippen LogP contribution >= 0.6 is 0 Å². The molecule has 0 amide bonds. The number of benzene rings is 2. The van der Waals surface area contributed by atoms with Crippen LogP contribution in [-0.4, -0.2) is 22.7 Å². The Morgan fingerprint density at radius 2 is 1.90 bits per heavy atom. The van der Waals surface area contributed by atoms with E-state index >= 15 is 0 Å². The summed E-state index contributed by atoms with van der Waals surface area (Å²) in [5.41, 5.74) is -0.744. The average molecular weight is 410 g/mol. The fourth-order valence-corrected chi connectivity index (χ4v) is 2.31. The third-order valence-electron chi connectivity index (χ3n) is 3.72. The van der Waals surface area contributed by atoms with Crippen LogP contribution in [0.2, 0.25) is 0 Å². The van der Waals surface area contributed by atoms with Gasteiger partial charge in [-0.3, -0.25) is 0 Å². The number of alkyl halides is 3. The van der Waals surface area contributed by atoms with Crippen LogP contribution in [-0.2, 0) is 15.7 Å². The van der Waals surface area contributed by atoms with Crippen molar-refractivity contribution in [2.24, 2.45) is 0 Å². The van der Waals surface area contributed by atoms with Crippen molar-refractivity contribution in [2.45, 2.75) is 19.2 Å². The zero-order valence-electron chi connectivity index (χ0n) is 14.9. The van der Waals surface area contributed by atoms with Gasteiger partial charge in [0.05, 0.1) is 5.56 Å². The molecule has 3 rings (SSSR count). The third kappa shape index (κ3) is 5.31. The lowest BCUT2D eigenvalue weighted by molar-refractivity contribution is -0.152. The Morgan fingerprint density at radius 1 is 1.17 bits per heavy atom. The average Bonchev–Trinajstić information content (AvgIpc) is 3.17. The monoisotopic (exact) mass is 410 g/mol. The first-order chi connectivity index (χ1) is 13.7. The zero-order chi connectivity index (χ0) is 21.0. The second-order valence-corrected chi connectivity index (χ2v) is 5.91. The minimum Gasteiger partial charge on any atom is -0.482 e. The summed E-state index contributed by atoms with van der Waals surface area (Å²) in [6, 6.07) is 9.50. The Hall–Kier alpha value is -3.43. The molecular formula is C19H14F4N2O4. The van der Waals surface area contributed by atoms with E-state index in [0.717, 1.165) is 12.1 Å². The van der Waals surface area contributed by atoms with Gasteiger partial charge in [-0.2, -0.15) is 18.2 Å². The molecular weight excluding hydrogens is 396 g/mol. The fourth-order valence-electron chi connectivity index (χ4n) is 2.31. The second kappa shape index (κ2) is 8.29. The number of halogens is 4. The maximum absolute atomic E-state index is 12.8. The molecule has 2 aromatic carbocycles. The lowest BCUT2D eigenvalue weighted by Gasteiger charge is -2.10. The van der Waals surface area contributed by atoms with Crippen molar-refractivity contribution in [1.29, 1.82) is 0 Å². The number of rotatable bonds is 6. The summed E-state index contributed by atoms with van der Waals surface area (Å²) in [6.07, 6.45) is -5.46. The van der Waals surface area contributed by atoms with Gasteiger partial charge >= 0.3 is 12.1 Å². The van der Waals surface area contributed by atoms with Crippen molar-refractivity contribution < 1.29 is 36.4 Å². The van der Waals surface area contributed by atoms with Crippen LogP contribution in [0.1, 0.15) is 24.5 Å². The lowest BCUT2D eigenvalue weighted by atomic mass is 10.1. The molecule has 29 heavy (non-hydrogen) atoms. The van der Waals surface area contributed by atoms with Gasteiger partial charge in [0, 0.05) is 5.56 Å². The fraction of sp³-hybridized carbons (Fsp3) is 0.211. The van der Waals surface area contributed by atoms with Gasteiger partial charge in [0.25, 0.3) is 5.89 Å². The van der Waals surface area contributed by atoms with Crippen LogP contribution in [0.4, 0.5) is 17.6 Å². The van der Waals surface area contributed by atoms with Crippen LogP contribution in [0.25, 0.3) is 11.4 Å². The van der Waals surface area contributed by atoms with Crippen LogP contribution < -0.4 is 4.74 Å². The molecule has 10 heteroatoms. The molecule has 6 nitrogen and oxygen atoms in total. The van der Waals surface area contributed by atoms with E-state index in [2.05, 4.69) is 10.1 Å². The molecule has 1 atom stereocenters. The van der Waals surface area contributed by atoms with Gasteiger partial charge in [-0.1, -0.05) is 17.3 Å². The Balaban J connectivity index is 1.61. The maximum atomic E-state index is 12.8. The van der Waals surface area contributed by atoms with E-state index in [9.17, 15) is 22.4 Å². The molecule has 0 saturated heterocycles. The summed E-state index contributed by atoms with van der Waals surface area (Å²) < 4.78 is 66.5. The molecule has 0 aliphatic carbocycles. The molecule has 0 radical (unpaired) electrons. The summed E-state index contributed by atoms with van der Waals surface area (Å²) in [6.45, 7) is 1.02. The van der Waals surface area contributed by atoms with Gasteiger partial charge in [0.1, 0.15) is 11.6 Å². The van der Waals surface area contributed by atoms with Crippen molar-refractivity contribution >= 4 is 5.97 Å². The summed E-state index contributed by atoms with van der Waals surface area (Å²) in [7, 11) is 0. The molecule has 0 spiro atoms. The number of esters is 1. The third-order valence-corrected chi connectivity index (χ3v) is 3.72. The van der Waals surface area contributed by atoms with Crippen LogP contribution in [0, 0.1) is 5.82 Å². The van der Waals surface area contributed by atoms with Crippen LogP contribution in [0.15, 0.2) is 53.1 Å². The Labute approximate surface area is 162 Å². The molecule has 1 unspecified atom stereocenters. The van der Waals surface area contributed by atoms with Gasteiger partial charge < -0.3 is 14.0 Å². The Kier molecular flexibility index (Phi) is 5.81. The first kappa shape index (κ1) is 20.3. The van der Waals surface area contributed by atoms with Crippen LogP contribution in [0.3, 0.4) is 0 Å². The van der Waals surface area contributed by atoms with E-state index in [-0.39, 0.29) is 23.0 Å². The maximum Gasteiger partial charge on any atom is 0.416 e. The minimum absolute atomic E-state index is 0.0726. The highest BCUT2D eigenvalue weighted by Gasteiger charge is 2.31. The van der Waals surface area contributed by atoms with E-state index in [1.165, 1.54) is 43.3 Å². The van der Waals surface area contributed by atoms with E-state index in [1.54, 1.807) is 0 Å². The summed E-state index contributed by atoms with van der Waals surface area (Å²) in [5.74, 6) is -1.08. The second-order valence-electron chi connectivity index (χ2n) is 5.91. The molecule has 1 heterocycles. The molecule has 0 aliphatic rings. The van der Waals surface area contributed by atoms with Gasteiger partial charge in [0.2, 0.25) is 5.82 Å². The predicted molar refractivity (Wildman–Crippen MR) is 91.1 cm³/mol. The van der Waals surface area contributed by atoms with Gasteiger partial charge in [-0.15, -0.1) is 0 Å². The molecule has 0 aliphatic heterocycles. The number of hydrogen-bond acceptors (Lipinski definition) is 6. The van der Waals surface area contributed by atoms with E-state index in [0.29, 0.717) is 0 Å². The molecule has 0 bridgehead atoms. The number of nitrogens with zero attached hydrogens (tertiary/aromatic N) is 2. The van der Waals surface area contributed by atoms with Crippen molar-refractivity contribution in [1.82, 2.24) is 10.1 Å². The molecule has 3 aromatic rings. The van der Waals surface area contributed by atoms with Gasteiger partial charge in [-0.25, -0.2) is 9.18 Å². The topological polar surface area (TPSA) is 74.5 Å². The highest BCUT2D eigenvalue weighted by atomic mass is 19.4. The molecule has 0 saturated carbocycles. The SMILES string of the molecule is CC(OC(=O)COc1ccc(F)cc1)c1nc(-c2cccc(C(F)(F)F)c2)no1. The first-order valence-corrected chi connectivity index (χ1v) is 8.31. The number of carbonyl (C=O) groups is 1. The minimum atomic E-state index is -4.50. The van der Waals surface area contributed by atoms with E-state index < -0.39 is 36.2 Å². The highest BCUT2D eigenvalue weighted by molar-refractivity contribution is 5.71. The highest BCUT2D eigenvalue weighted by Crippen LogP contribution is 2.31. The van der Waals surface area contributed by atoms with Crippen LogP contribution in [0.5, 0.6) is 5.75 Å². The molecule has 152 valence electrons. The van der Waals surface area contributed by atoms with Crippen molar-refractivity contribution in [3.8, 4) is 17.1 Å². The van der Waals surface area contributed by atoms with E-state index in [1.807, 2.05) is 0 Å². The van der Waals surface area contributed by atoms with Crippen molar-refractivity contribution in [3.05, 3.63) is 65.8 Å². The molecule has 0 N–H and O–H groups in total. The molecule has 0 fully saturated rings. The summed E-state index contributed by atoms with van der Waals surface area (Å²) >= 11 is 0. The number of aromatic nitrogens is 2. The quantitative estimate of drug-likeness (QED) is 0.438. The summed E-state index contributed by atoms with van der Waals surface area (Å²) in [4.78, 5) is 15.8. The smallest absolute Gasteiger partial charge is 0.416 e. The molecule has 1 aromatic heterocycles. The van der Waals surface area contributed by atoms with Gasteiger partial charge in [-0.05, 0) is 43.3 Å². The predicted octanol–water partition coefficient (Wildman–Crippen LogP) is 4.58. The number of ether oxygens (including phenoxy) is 2. The summed E-state index contributed by atoms with van der Waals surface area (Å²) in [5, 5.41) is 3.63. The van der Waals surface area contributed by atoms with E-state index in [4.69, 9.17) is 14.0 Å². The lowest BCUT2D eigenvalue weighted by Crippen LogP contribution is -2.17. The Morgan fingerprint density at radius 3 is 2.59 bits per heavy atom. The first-order valence-electron chi connectivity index (χ1n) is 8.31. The van der Waals surface area contributed by atoms with Crippen molar-refractivity contribution in [2.75, 3.05) is 6.61 Å². The Bertz CT molecular complexity index is 986. The van der Waals surface area contributed by atoms with Gasteiger partial charge in [0.15, 0.2) is 12.7 Å².